The fourth-order valence-electron chi connectivity index (χ4n) is 1.92. The Bertz CT molecular complexity index is 692. The summed E-state index contributed by atoms with van der Waals surface area (Å²) in [7, 11) is -3.60. The van der Waals surface area contributed by atoms with Crippen molar-refractivity contribution in [3.63, 3.8) is 0 Å². The first-order chi connectivity index (χ1) is 9.37. The van der Waals surface area contributed by atoms with Crippen molar-refractivity contribution in [3.05, 3.63) is 46.2 Å². The highest BCUT2D eigenvalue weighted by atomic mass is 32.2. The van der Waals surface area contributed by atoms with E-state index in [0.29, 0.717) is 6.42 Å². The Kier molecular flexibility index (Phi) is 4.47. The highest BCUT2D eigenvalue weighted by molar-refractivity contribution is 7.89. The van der Waals surface area contributed by atoms with E-state index in [1.165, 1.54) is 29.1 Å². The molecule has 2 N–H and O–H groups in total. The van der Waals surface area contributed by atoms with Crippen molar-refractivity contribution in [1.29, 1.82) is 0 Å². The standard InChI is InChI=1S/C14H17NO3S2/c1-10(8-13-7-6-11(2)19-13)15-20(17,18)14-5-3-4-12(16)9-14/h3-7,9-10,15-16H,8H2,1-2H3. The van der Waals surface area contributed by atoms with E-state index in [1.54, 1.807) is 11.3 Å². The highest BCUT2D eigenvalue weighted by Gasteiger charge is 2.18. The third-order valence-electron chi connectivity index (χ3n) is 2.79. The Morgan fingerprint density at radius 3 is 2.65 bits per heavy atom. The lowest BCUT2D eigenvalue weighted by molar-refractivity contribution is 0.473. The number of hydrogen-bond acceptors (Lipinski definition) is 4. The zero-order valence-electron chi connectivity index (χ0n) is 11.3. The Labute approximate surface area is 123 Å². The summed E-state index contributed by atoms with van der Waals surface area (Å²) in [5.41, 5.74) is 0. The summed E-state index contributed by atoms with van der Waals surface area (Å²) in [6.45, 7) is 3.85. The van der Waals surface area contributed by atoms with E-state index in [4.69, 9.17) is 0 Å². The Balaban J connectivity index is 2.08. The minimum Gasteiger partial charge on any atom is -0.508 e. The van der Waals surface area contributed by atoms with E-state index >= 15 is 0 Å². The van der Waals surface area contributed by atoms with Crippen molar-refractivity contribution < 1.29 is 13.5 Å². The number of rotatable bonds is 5. The molecule has 0 fully saturated rings. The number of nitrogens with one attached hydrogen (secondary N) is 1. The van der Waals surface area contributed by atoms with Crippen molar-refractivity contribution in [2.45, 2.75) is 31.2 Å². The van der Waals surface area contributed by atoms with Crippen molar-refractivity contribution in [2.24, 2.45) is 0 Å². The van der Waals surface area contributed by atoms with Gasteiger partial charge in [0.05, 0.1) is 4.90 Å². The predicted octanol–water partition coefficient (Wildman–Crippen LogP) is 2.67. The summed E-state index contributed by atoms with van der Waals surface area (Å²) >= 11 is 1.67. The van der Waals surface area contributed by atoms with Gasteiger partial charge in [-0.3, -0.25) is 0 Å². The SMILES string of the molecule is Cc1ccc(CC(C)NS(=O)(=O)c2cccc(O)c2)s1. The van der Waals surface area contributed by atoms with Gasteiger partial charge in [-0.15, -0.1) is 11.3 Å². The molecule has 108 valence electrons. The van der Waals surface area contributed by atoms with Crippen LogP contribution in [-0.2, 0) is 16.4 Å². The van der Waals surface area contributed by atoms with Gasteiger partial charge in [-0.1, -0.05) is 6.07 Å². The van der Waals surface area contributed by atoms with E-state index in [9.17, 15) is 13.5 Å². The van der Waals surface area contributed by atoms with E-state index in [0.717, 1.165) is 4.88 Å². The minimum absolute atomic E-state index is 0.0607. The fraction of sp³-hybridized carbons (Fsp3) is 0.286. The molecule has 1 aromatic carbocycles. The van der Waals surface area contributed by atoms with E-state index < -0.39 is 10.0 Å². The monoisotopic (exact) mass is 311 g/mol. The second kappa shape index (κ2) is 5.95. The molecule has 0 aliphatic rings. The second-order valence-electron chi connectivity index (χ2n) is 4.74. The van der Waals surface area contributed by atoms with Crippen LogP contribution in [0, 0.1) is 6.92 Å². The molecule has 1 atom stereocenters. The van der Waals surface area contributed by atoms with Gasteiger partial charge in [-0.05, 0) is 50.6 Å². The number of phenols is 1. The smallest absolute Gasteiger partial charge is 0.240 e. The summed E-state index contributed by atoms with van der Waals surface area (Å²) in [4.78, 5) is 2.43. The Hall–Kier alpha value is -1.37. The van der Waals surface area contributed by atoms with Gasteiger partial charge in [0.1, 0.15) is 5.75 Å². The van der Waals surface area contributed by atoms with Gasteiger partial charge in [0, 0.05) is 15.8 Å². The first-order valence-electron chi connectivity index (χ1n) is 6.23. The van der Waals surface area contributed by atoms with Crippen molar-refractivity contribution in [3.8, 4) is 5.75 Å². The van der Waals surface area contributed by atoms with Gasteiger partial charge in [0.2, 0.25) is 10.0 Å². The lowest BCUT2D eigenvalue weighted by atomic mass is 10.2. The van der Waals surface area contributed by atoms with Crippen molar-refractivity contribution in [1.82, 2.24) is 4.72 Å². The van der Waals surface area contributed by atoms with Crippen LogP contribution in [0.4, 0.5) is 0 Å². The number of thiophene rings is 1. The molecule has 0 spiro atoms. The Morgan fingerprint density at radius 1 is 1.30 bits per heavy atom. The van der Waals surface area contributed by atoms with E-state index in [2.05, 4.69) is 4.72 Å². The van der Waals surface area contributed by atoms with Crippen LogP contribution in [0.1, 0.15) is 16.7 Å². The summed E-state index contributed by atoms with van der Waals surface area (Å²) in [5.74, 6) is -0.0607. The number of hydrogen-bond donors (Lipinski definition) is 2. The molecule has 0 aliphatic carbocycles. The molecule has 0 bridgehead atoms. The van der Waals surface area contributed by atoms with Gasteiger partial charge in [0.25, 0.3) is 0 Å². The van der Waals surface area contributed by atoms with Gasteiger partial charge >= 0.3 is 0 Å². The van der Waals surface area contributed by atoms with Gasteiger partial charge in [-0.2, -0.15) is 0 Å². The zero-order valence-corrected chi connectivity index (χ0v) is 13.0. The lowest BCUT2D eigenvalue weighted by Crippen LogP contribution is -2.33. The van der Waals surface area contributed by atoms with Crippen molar-refractivity contribution >= 4 is 21.4 Å². The Morgan fingerprint density at radius 2 is 2.05 bits per heavy atom. The molecular weight excluding hydrogens is 294 g/mol. The van der Waals surface area contributed by atoms with Gasteiger partial charge < -0.3 is 5.11 Å². The number of phenolic OH excluding ortho intramolecular Hbond substituents is 1. The summed E-state index contributed by atoms with van der Waals surface area (Å²) in [6.07, 6.45) is 0.649. The molecule has 0 amide bonds. The third kappa shape index (κ3) is 3.82. The molecule has 0 saturated heterocycles. The zero-order chi connectivity index (χ0) is 14.8. The normalized spacial score (nSPS) is 13.3. The summed E-state index contributed by atoms with van der Waals surface area (Å²) in [5, 5.41) is 9.36. The molecule has 0 radical (unpaired) electrons. The quantitative estimate of drug-likeness (QED) is 0.892. The fourth-order valence-corrected chi connectivity index (χ4v) is 4.22. The maximum absolute atomic E-state index is 12.2. The summed E-state index contributed by atoms with van der Waals surface area (Å²) in [6, 6.07) is 9.48. The first-order valence-corrected chi connectivity index (χ1v) is 8.53. The van der Waals surface area contributed by atoms with Crippen LogP contribution in [0.15, 0.2) is 41.3 Å². The minimum atomic E-state index is -3.60. The average Bonchev–Trinajstić information content (AvgIpc) is 2.73. The molecule has 20 heavy (non-hydrogen) atoms. The molecule has 0 saturated carbocycles. The number of aromatic hydroxyl groups is 1. The highest BCUT2D eigenvalue weighted by Crippen LogP contribution is 2.19. The first kappa shape index (κ1) is 15.0. The topological polar surface area (TPSA) is 66.4 Å². The number of aryl methyl sites for hydroxylation is 1. The van der Waals surface area contributed by atoms with E-state index in [-0.39, 0.29) is 16.7 Å². The largest absolute Gasteiger partial charge is 0.508 e. The average molecular weight is 311 g/mol. The van der Waals surface area contributed by atoms with Crippen LogP contribution in [0.5, 0.6) is 5.75 Å². The molecule has 0 aliphatic heterocycles. The van der Waals surface area contributed by atoms with Crippen LogP contribution >= 0.6 is 11.3 Å². The van der Waals surface area contributed by atoms with Crippen LogP contribution in [0.2, 0.25) is 0 Å². The van der Waals surface area contributed by atoms with Crippen molar-refractivity contribution in [2.75, 3.05) is 0 Å². The molecular formula is C14H17NO3S2. The molecule has 1 heterocycles. The van der Waals surface area contributed by atoms with E-state index in [1.807, 2.05) is 26.0 Å². The van der Waals surface area contributed by atoms with Crippen LogP contribution in [0.3, 0.4) is 0 Å². The molecule has 2 rings (SSSR count). The maximum atomic E-state index is 12.2. The lowest BCUT2D eigenvalue weighted by Gasteiger charge is -2.13. The predicted molar refractivity (Wildman–Crippen MR) is 80.7 cm³/mol. The second-order valence-corrected chi connectivity index (χ2v) is 7.82. The third-order valence-corrected chi connectivity index (χ3v) is 5.40. The van der Waals surface area contributed by atoms with Gasteiger partial charge in [0.15, 0.2) is 0 Å². The molecule has 1 aromatic heterocycles. The summed E-state index contributed by atoms with van der Waals surface area (Å²) < 4.78 is 27.0. The number of benzene rings is 1. The molecule has 4 nitrogen and oxygen atoms in total. The van der Waals surface area contributed by atoms with Gasteiger partial charge in [-0.25, -0.2) is 13.1 Å². The molecule has 1 unspecified atom stereocenters. The number of sulfonamides is 1. The molecule has 2 aromatic rings. The molecule has 6 heteroatoms. The van der Waals surface area contributed by atoms with Crippen LogP contribution in [-0.4, -0.2) is 19.6 Å². The van der Waals surface area contributed by atoms with Crippen LogP contribution in [0.25, 0.3) is 0 Å². The van der Waals surface area contributed by atoms with Crippen LogP contribution < -0.4 is 4.72 Å². The maximum Gasteiger partial charge on any atom is 0.240 e.